The number of aliphatic hydroxyl groups excluding tert-OH is 1. The normalized spacial score (nSPS) is 26.7. The van der Waals surface area contributed by atoms with Crippen LogP contribution in [0.2, 0.25) is 0 Å². The van der Waals surface area contributed by atoms with Crippen LogP contribution in [-0.4, -0.2) is 10.1 Å². The summed E-state index contributed by atoms with van der Waals surface area (Å²) >= 11 is 0. The minimum absolute atomic E-state index is 0.504. The van der Waals surface area contributed by atoms with Crippen LogP contribution in [0, 0.1) is 29.6 Å². The average molecular weight is 280 g/mol. The highest BCUT2D eigenvalue weighted by Crippen LogP contribution is 2.49. The van der Waals surface area contributed by atoms with Gasteiger partial charge in [-0.2, -0.15) is 5.26 Å². The summed E-state index contributed by atoms with van der Waals surface area (Å²) in [6, 6.07) is 12.2. The third-order valence-electron chi connectivity index (χ3n) is 4.71. The maximum absolute atomic E-state index is 10.8. The van der Waals surface area contributed by atoms with E-state index in [1.165, 1.54) is 0 Å². The summed E-state index contributed by atoms with van der Waals surface area (Å²) in [4.78, 5) is 4.48. The van der Waals surface area contributed by atoms with Crippen LogP contribution in [0.4, 0.5) is 0 Å². The number of aryl methyl sites for hydroxylation is 1. The van der Waals surface area contributed by atoms with Crippen LogP contribution in [-0.2, 0) is 0 Å². The van der Waals surface area contributed by atoms with Crippen LogP contribution in [0.25, 0.3) is 10.9 Å². The van der Waals surface area contributed by atoms with Gasteiger partial charge in [0.15, 0.2) is 0 Å². The van der Waals surface area contributed by atoms with Gasteiger partial charge in [0.1, 0.15) is 0 Å². The molecule has 1 fully saturated rings. The summed E-state index contributed by atoms with van der Waals surface area (Å²) in [7, 11) is 0. The van der Waals surface area contributed by atoms with Gasteiger partial charge in [0, 0.05) is 11.1 Å². The lowest BCUT2D eigenvalue weighted by Crippen LogP contribution is -2.24. The van der Waals surface area contributed by atoms with Gasteiger partial charge in [0.2, 0.25) is 0 Å². The van der Waals surface area contributed by atoms with Gasteiger partial charge in [-0.3, -0.25) is 4.98 Å². The summed E-state index contributed by atoms with van der Waals surface area (Å²) in [6.07, 6.45) is 1.84. The summed E-state index contributed by atoms with van der Waals surface area (Å²) in [5.74, 6) is 0.504. The molecule has 0 bridgehead atoms. The van der Waals surface area contributed by atoms with E-state index in [2.05, 4.69) is 18.0 Å². The minimum atomic E-state index is -0.724. The Balaban J connectivity index is 2.00. The minimum Gasteiger partial charge on any atom is -0.387 e. The fourth-order valence-corrected chi connectivity index (χ4v) is 3.48. The van der Waals surface area contributed by atoms with Crippen molar-refractivity contribution in [1.29, 1.82) is 5.26 Å². The summed E-state index contributed by atoms with van der Waals surface area (Å²) < 4.78 is 0. The number of hydrogen-bond donors (Lipinski definition) is 1. The highest BCUT2D eigenvalue weighted by molar-refractivity contribution is 5.79. The molecule has 0 saturated heterocycles. The molecule has 0 amide bonds. The number of fused-ring (bicyclic) bond motifs is 1. The molecular weight excluding hydrogens is 260 g/mol. The lowest BCUT2D eigenvalue weighted by molar-refractivity contribution is 0.0648. The zero-order valence-electron chi connectivity index (χ0n) is 12.5. The van der Waals surface area contributed by atoms with Crippen LogP contribution in [0.5, 0.6) is 0 Å². The van der Waals surface area contributed by atoms with Crippen molar-refractivity contribution in [3.05, 3.63) is 41.6 Å². The van der Waals surface area contributed by atoms with E-state index in [9.17, 15) is 10.4 Å². The zero-order chi connectivity index (χ0) is 15.0. The van der Waals surface area contributed by atoms with E-state index in [-0.39, 0.29) is 0 Å². The van der Waals surface area contributed by atoms with Crippen molar-refractivity contribution >= 4 is 10.9 Å². The van der Waals surface area contributed by atoms with Crippen LogP contribution in [0.1, 0.15) is 43.5 Å². The van der Waals surface area contributed by atoms with E-state index in [1.807, 2.05) is 37.3 Å². The standard InChI is InChI=1S/C18H20N2O/c1-12-7-8-18(10-12,11-19)17(21)15-5-6-16-14(9-15)4-3-13(2)20-16/h3-6,9,12,17,21H,7-8,10H2,1-2H3. The number of pyridine rings is 1. The molecule has 2 aromatic rings. The molecule has 3 rings (SSSR count). The molecule has 1 heterocycles. The van der Waals surface area contributed by atoms with E-state index in [0.29, 0.717) is 5.92 Å². The van der Waals surface area contributed by atoms with Crippen molar-refractivity contribution in [2.75, 3.05) is 0 Å². The average Bonchev–Trinajstić information content (AvgIpc) is 2.88. The maximum Gasteiger partial charge on any atom is 0.0976 e. The molecule has 1 aliphatic carbocycles. The lowest BCUT2D eigenvalue weighted by atomic mass is 9.78. The molecule has 108 valence electrons. The Morgan fingerprint density at radius 3 is 2.86 bits per heavy atom. The van der Waals surface area contributed by atoms with Gasteiger partial charge < -0.3 is 5.11 Å². The number of aliphatic hydroxyl groups is 1. The third-order valence-corrected chi connectivity index (χ3v) is 4.71. The van der Waals surface area contributed by atoms with E-state index < -0.39 is 11.5 Å². The molecule has 1 N–H and O–H groups in total. The molecule has 1 aliphatic rings. The SMILES string of the molecule is Cc1ccc2cc(C(O)C3(C#N)CCC(C)C3)ccc2n1. The predicted octanol–water partition coefficient (Wildman–Crippen LogP) is 3.91. The first-order valence-electron chi connectivity index (χ1n) is 7.51. The molecule has 3 heteroatoms. The van der Waals surface area contributed by atoms with E-state index >= 15 is 0 Å². The molecule has 1 aromatic carbocycles. The van der Waals surface area contributed by atoms with Gasteiger partial charge >= 0.3 is 0 Å². The van der Waals surface area contributed by atoms with Gasteiger partial charge in [-0.1, -0.05) is 19.1 Å². The fraction of sp³-hybridized carbons (Fsp3) is 0.444. The topological polar surface area (TPSA) is 56.9 Å². The molecule has 3 unspecified atom stereocenters. The van der Waals surface area contributed by atoms with Crippen LogP contribution < -0.4 is 0 Å². The summed E-state index contributed by atoms with van der Waals surface area (Å²) in [5.41, 5.74) is 2.10. The zero-order valence-corrected chi connectivity index (χ0v) is 12.5. The summed E-state index contributed by atoms with van der Waals surface area (Å²) in [6.45, 7) is 4.12. The number of aromatic nitrogens is 1. The van der Waals surface area contributed by atoms with Crippen molar-refractivity contribution in [2.24, 2.45) is 11.3 Å². The molecule has 1 saturated carbocycles. The molecule has 21 heavy (non-hydrogen) atoms. The van der Waals surface area contributed by atoms with Crippen LogP contribution in [0.15, 0.2) is 30.3 Å². The molecule has 0 aliphatic heterocycles. The molecule has 3 nitrogen and oxygen atoms in total. The molecule has 0 spiro atoms. The van der Waals surface area contributed by atoms with E-state index in [4.69, 9.17) is 0 Å². The monoisotopic (exact) mass is 280 g/mol. The third kappa shape index (κ3) is 2.41. The summed E-state index contributed by atoms with van der Waals surface area (Å²) in [5, 5.41) is 21.4. The highest BCUT2D eigenvalue weighted by atomic mass is 16.3. The number of rotatable bonds is 2. The van der Waals surface area contributed by atoms with Crippen LogP contribution in [0.3, 0.4) is 0 Å². The second-order valence-electron chi connectivity index (χ2n) is 6.42. The van der Waals surface area contributed by atoms with Gasteiger partial charge in [0.25, 0.3) is 0 Å². The molecule has 1 aromatic heterocycles. The van der Waals surface area contributed by atoms with Gasteiger partial charge in [-0.15, -0.1) is 0 Å². The number of benzene rings is 1. The van der Waals surface area contributed by atoms with Crippen molar-refractivity contribution in [1.82, 2.24) is 4.98 Å². The predicted molar refractivity (Wildman–Crippen MR) is 82.5 cm³/mol. The second-order valence-corrected chi connectivity index (χ2v) is 6.42. The maximum atomic E-state index is 10.8. The number of nitrogens with zero attached hydrogens (tertiary/aromatic N) is 2. The first-order valence-corrected chi connectivity index (χ1v) is 7.51. The van der Waals surface area contributed by atoms with E-state index in [0.717, 1.165) is 41.4 Å². The Bertz CT molecular complexity index is 719. The van der Waals surface area contributed by atoms with E-state index in [1.54, 1.807) is 0 Å². The van der Waals surface area contributed by atoms with Gasteiger partial charge in [-0.25, -0.2) is 0 Å². The fourth-order valence-electron chi connectivity index (χ4n) is 3.48. The van der Waals surface area contributed by atoms with Crippen molar-refractivity contribution in [3.8, 4) is 6.07 Å². The van der Waals surface area contributed by atoms with Gasteiger partial charge in [-0.05, 0) is 55.9 Å². The largest absolute Gasteiger partial charge is 0.387 e. The van der Waals surface area contributed by atoms with Crippen molar-refractivity contribution < 1.29 is 5.11 Å². The Labute approximate surface area is 125 Å². The number of nitriles is 1. The highest BCUT2D eigenvalue weighted by Gasteiger charge is 2.44. The Morgan fingerprint density at radius 2 is 2.19 bits per heavy atom. The van der Waals surface area contributed by atoms with Crippen molar-refractivity contribution in [2.45, 2.75) is 39.2 Å². The van der Waals surface area contributed by atoms with Gasteiger partial charge in [0.05, 0.1) is 23.1 Å². The smallest absolute Gasteiger partial charge is 0.0976 e. The van der Waals surface area contributed by atoms with Crippen LogP contribution >= 0.6 is 0 Å². The molecule has 3 atom stereocenters. The van der Waals surface area contributed by atoms with Crippen molar-refractivity contribution in [3.63, 3.8) is 0 Å². The second kappa shape index (κ2) is 5.13. The lowest BCUT2D eigenvalue weighted by Gasteiger charge is -2.27. The number of hydrogen-bond acceptors (Lipinski definition) is 3. The molecule has 0 radical (unpaired) electrons. The first kappa shape index (κ1) is 14.0. The quantitative estimate of drug-likeness (QED) is 0.907. The Morgan fingerprint density at radius 1 is 1.38 bits per heavy atom. The Hall–Kier alpha value is -1.92. The Kier molecular flexibility index (Phi) is 3.43. The molecular formula is C18H20N2O. The first-order chi connectivity index (χ1) is 10.0.